The van der Waals surface area contributed by atoms with Gasteiger partial charge in [-0.1, -0.05) is 0 Å². The Balaban J connectivity index is 2.41. The largest absolute Gasteiger partial charge is 0.480 e. The number of carbonyl (C=O) groups is 3. The Morgan fingerprint density at radius 1 is 1.44 bits per heavy atom. The van der Waals surface area contributed by atoms with Crippen LogP contribution in [0.1, 0.15) is 18.6 Å². The second-order valence-corrected chi connectivity index (χ2v) is 3.71. The summed E-state index contributed by atoms with van der Waals surface area (Å²) in [6.45, 7) is 0. The number of nitrogens with two attached hydrogens (primary N) is 1. The minimum Gasteiger partial charge on any atom is -0.480 e. The summed E-state index contributed by atoms with van der Waals surface area (Å²) < 4.78 is 5.03. The van der Waals surface area contributed by atoms with Gasteiger partial charge in [0, 0.05) is 12.8 Å². The molecule has 1 heterocycles. The van der Waals surface area contributed by atoms with Crippen LogP contribution in [0.15, 0.2) is 22.8 Å². The number of furan rings is 1. The lowest BCUT2D eigenvalue weighted by atomic mass is 10.2. The summed E-state index contributed by atoms with van der Waals surface area (Å²) in [4.78, 5) is 32.9. The van der Waals surface area contributed by atoms with Crippen LogP contribution in [0.5, 0.6) is 0 Å². The van der Waals surface area contributed by atoms with Crippen molar-refractivity contribution in [3.8, 4) is 0 Å². The van der Waals surface area contributed by atoms with Crippen LogP contribution in [0.4, 0.5) is 0 Å². The van der Waals surface area contributed by atoms with Crippen molar-refractivity contribution in [1.29, 1.82) is 0 Å². The van der Waals surface area contributed by atoms with Gasteiger partial charge in [-0.2, -0.15) is 0 Å². The first-order valence-electron chi connectivity index (χ1n) is 5.32. The molecule has 0 radical (unpaired) electrons. The zero-order valence-corrected chi connectivity index (χ0v) is 9.59. The molecule has 1 aromatic rings. The molecule has 7 heteroatoms. The number of aryl methyl sites for hydroxylation is 1. The quantitative estimate of drug-likeness (QED) is 0.614. The van der Waals surface area contributed by atoms with Crippen molar-refractivity contribution in [2.45, 2.75) is 25.3 Å². The van der Waals surface area contributed by atoms with Crippen molar-refractivity contribution < 1.29 is 23.9 Å². The van der Waals surface area contributed by atoms with E-state index in [4.69, 9.17) is 15.3 Å². The van der Waals surface area contributed by atoms with E-state index in [9.17, 15) is 14.4 Å². The summed E-state index contributed by atoms with van der Waals surface area (Å²) in [5.41, 5.74) is 4.89. The lowest BCUT2D eigenvalue weighted by Gasteiger charge is -2.12. The number of amides is 2. The van der Waals surface area contributed by atoms with Crippen molar-refractivity contribution in [3.63, 3.8) is 0 Å². The summed E-state index contributed by atoms with van der Waals surface area (Å²) in [5.74, 6) is -1.92. The molecule has 7 nitrogen and oxygen atoms in total. The summed E-state index contributed by atoms with van der Waals surface area (Å²) in [7, 11) is 0. The number of nitrogens with one attached hydrogen (secondary N) is 1. The third-order valence-electron chi connectivity index (χ3n) is 2.22. The predicted molar refractivity (Wildman–Crippen MR) is 60.4 cm³/mol. The molecule has 4 N–H and O–H groups in total. The van der Waals surface area contributed by atoms with Gasteiger partial charge in [0.1, 0.15) is 11.8 Å². The Morgan fingerprint density at radius 3 is 2.67 bits per heavy atom. The highest BCUT2D eigenvalue weighted by molar-refractivity contribution is 5.88. The van der Waals surface area contributed by atoms with Gasteiger partial charge in [0.25, 0.3) is 0 Å². The van der Waals surface area contributed by atoms with Gasteiger partial charge in [0.2, 0.25) is 11.8 Å². The fourth-order valence-corrected chi connectivity index (χ4v) is 1.36. The van der Waals surface area contributed by atoms with E-state index in [1.165, 1.54) is 6.26 Å². The van der Waals surface area contributed by atoms with Gasteiger partial charge in [-0.25, -0.2) is 4.79 Å². The highest BCUT2D eigenvalue weighted by Crippen LogP contribution is 2.03. The molecule has 0 bridgehead atoms. The van der Waals surface area contributed by atoms with Crippen LogP contribution in [0.3, 0.4) is 0 Å². The highest BCUT2D eigenvalue weighted by Gasteiger charge is 2.21. The first-order valence-corrected chi connectivity index (χ1v) is 5.32. The monoisotopic (exact) mass is 254 g/mol. The van der Waals surface area contributed by atoms with Crippen LogP contribution >= 0.6 is 0 Å². The number of carboxylic acids is 1. The van der Waals surface area contributed by atoms with Crippen molar-refractivity contribution >= 4 is 17.8 Å². The molecule has 1 rings (SSSR count). The Morgan fingerprint density at radius 2 is 2.17 bits per heavy atom. The third-order valence-corrected chi connectivity index (χ3v) is 2.22. The predicted octanol–water partition coefficient (Wildman–Crippen LogP) is -0.343. The Labute approximate surface area is 103 Å². The fourth-order valence-electron chi connectivity index (χ4n) is 1.36. The number of carboxylic acid groups (broad SMARTS) is 1. The summed E-state index contributed by atoms with van der Waals surface area (Å²) in [6, 6.07) is 2.12. The number of primary amides is 1. The maximum absolute atomic E-state index is 11.5. The number of rotatable bonds is 7. The molecule has 1 aromatic heterocycles. The van der Waals surface area contributed by atoms with Crippen molar-refractivity contribution in [2.24, 2.45) is 5.73 Å². The molecule has 0 fully saturated rings. The van der Waals surface area contributed by atoms with Crippen LogP contribution in [0.25, 0.3) is 0 Å². The minimum atomic E-state index is -1.29. The number of carbonyl (C=O) groups excluding carboxylic acids is 2. The van der Waals surface area contributed by atoms with Crippen LogP contribution in [0, 0.1) is 0 Å². The van der Waals surface area contributed by atoms with Gasteiger partial charge in [-0.05, 0) is 12.1 Å². The molecule has 0 saturated carbocycles. The number of hydrogen-bond acceptors (Lipinski definition) is 4. The molecule has 18 heavy (non-hydrogen) atoms. The van der Waals surface area contributed by atoms with Gasteiger partial charge >= 0.3 is 5.97 Å². The Bertz CT molecular complexity index is 427. The molecule has 2 amide bonds. The number of hydrogen-bond donors (Lipinski definition) is 3. The molecular formula is C11H14N2O5. The number of aliphatic carboxylic acids is 1. The maximum atomic E-state index is 11.5. The molecular weight excluding hydrogens is 240 g/mol. The topological polar surface area (TPSA) is 123 Å². The fraction of sp³-hybridized carbons (Fsp3) is 0.364. The Kier molecular flexibility index (Phi) is 4.91. The van der Waals surface area contributed by atoms with Gasteiger partial charge in [-0.3, -0.25) is 9.59 Å². The summed E-state index contributed by atoms with van der Waals surface area (Å²) in [5, 5.41) is 11.0. The van der Waals surface area contributed by atoms with Crippen LogP contribution in [-0.4, -0.2) is 28.9 Å². The molecule has 98 valence electrons. The van der Waals surface area contributed by atoms with Crippen LogP contribution in [-0.2, 0) is 20.8 Å². The van der Waals surface area contributed by atoms with Crippen LogP contribution in [0.2, 0.25) is 0 Å². The average Bonchev–Trinajstić information content (AvgIpc) is 2.77. The molecule has 0 aliphatic carbocycles. The van der Waals surface area contributed by atoms with Gasteiger partial charge in [-0.15, -0.1) is 0 Å². The second kappa shape index (κ2) is 6.43. The second-order valence-electron chi connectivity index (χ2n) is 3.71. The lowest BCUT2D eigenvalue weighted by molar-refractivity contribution is -0.143. The zero-order valence-electron chi connectivity index (χ0n) is 9.59. The Hall–Kier alpha value is -2.31. The molecule has 0 saturated heterocycles. The molecule has 1 atom stereocenters. The highest BCUT2D eigenvalue weighted by atomic mass is 16.4. The van der Waals surface area contributed by atoms with E-state index in [2.05, 4.69) is 5.32 Å². The molecule has 0 aliphatic heterocycles. The smallest absolute Gasteiger partial charge is 0.326 e. The average molecular weight is 254 g/mol. The normalized spacial score (nSPS) is 11.8. The van der Waals surface area contributed by atoms with E-state index < -0.39 is 30.2 Å². The van der Waals surface area contributed by atoms with E-state index in [0.717, 1.165) is 0 Å². The minimum absolute atomic E-state index is 0.0794. The van der Waals surface area contributed by atoms with E-state index >= 15 is 0 Å². The molecule has 0 spiro atoms. The van der Waals surface area contributed by atoms with Crippen molar-refractivity contribution in [1.82, 2.24) is 5.32 Å². The zero-order chi connectivity index (χ0) is 13.5. The lowest BCUT2D eigenvalue weighted by Crippen LogP contribution is -2.43. The van der Waals surface area contributed by atoms with E-state index in [-0.39, 0.29) is 6.42 Å². The first kappa shape index (κ1) is 13.8. The SMILES string of the molecule is NC(=O)C[C@H](NC(=O)CCc1ccco1)C(=O)O. The van der Waals surface area contributed by atoms with Crippen molar-refractivity contribution in [2.75, 3.05) is 0 Å². The first-order chi connectivity index (χ1) is 8.49. The van der Waals surface area contributed by atoms with Gasteiger partial charge < -0.3 is 20.6 Å². The molecule has 0 aliphatic rings. The van der Waals surface area contributed by atoms with E-state index in [1.54, 1.807) is 12.1 Å². The van der Waals surface area contributed by atoms with E-state index in [0.29, 0.717) is 12.2 Å². The summed E-state index contributed by atoms with van der Waals surface area (Å²) >= 11 is 0. The standard InChI is InChI=1S/C11H14N2O5/c12-9(14)6-8(11(16)17)13-10(15)4-3-7-2-1-5-18-7/h1-2,5,8H,3-4,6H2,(H2,12,14)(H,13,15)(H,16,17)/t8-/m0/s1. The third kappa shape index (κ3) is 4.69. The van der Waals surface area contributed by atoms with Crippen LogP contribution < -0.4 is 11.1 Å². The molecule has 0 unspecified atom stereocenters. The van der Waals surface area contributed by atoms with Gasteiger partial charge in [0.15, 0.2) is 0 Å². The van der Waals surface area contributed by atoms with Crippen molar-refractivity contribution in [3.05, 3.63) is 24.2 Å². The summed E-state index contributed by atoms with van der Waals surface area (Å²) in [6.07, 6.45) is 1.50. The maximum Gasteiger partial charge on any atom is 0.326 e. The molecule has 0 aromatic carbocycles. The van der Waals surface area contributed by atoms with Gasteiger partial charge in [0.05, 0.1) is 12.7 Å². The van der Waals surface area contributed by atoms with E-state index in [1.807, 2.05) is 0 Å².